The van der Waals surface area contributed by atoms with E-state index in [4.69, 9.17) is 4.52 Å². The molecule has 2 aromatic heterocycles. The van der Waals surface area contributed by atoms with E-state index in [1.54, 1.807) is 6.07 Å². The zero-order valence-corrected chi connectivity index (χ0v) is 14.1. The largest absolute Gasteiger partial charge is 0.332 e. The van der Waals surface area contributed by atoms with E-state index >= 15 is 0 Å². The van der Waals surface area contributed by atoms with Crippen LogP contribution in [0.4, 0.5) is 0 Å². The van der Waals surface area contributed by atoms with Crippen LogP contribution in [0.2, 0.25) is 0 Å². The molecule has 1 aliphatic carbocycles. The van der Waals surface area contributed by atoms with Crippen LogP contribution in [0.3, 0.4) is 0 Å². The van der Waals surface area contributed by atoms with E-state index in [-0.39, 0.29) is 11.5 Å². The Morgan fingerprint density at radius 1 is 1.20 bits per heavy atom. The Labute approximate surface area is 145 Å². The second kappa shape index (κ2) is 6.63. The number of hydrogen-bond donors (Lipinski definition) is 0. The highest BCUT2D eigenvalue weighted by Crippen LogP contribution is 2.45. The molecule has 0 spiro atoms. The van der Waals surface area contributed by atoms with E-state index in [1.165, 1.54) is 29.2 Å². The molecule has 1 fully saturated rings. The standard InChI is InChI=1S/C19H20N4O2/c1-2-12-23-16(24)11-10-15(21-23)19-20-18(22-25-19)17(14-8-9-14)13-6-4-3-5-7-13/h3-7,10-11,14,17H,2,8-9,12H2,1H3. The normalized spacial score (nSPS) is 15.2. The SMILES string of the molecule is CCCn1nc(-c2nc(C(c3ccccc3)C3CC3)no2)ccc1=O. The molecule has 1 atom stereocenters. The fourth-order valence-corrected chi connectivity index (χ4v) is 3.12. The Bertz CT molecular complexity index is 912. The lowest BCUT2D eigenvalue weighted by atomic mass is 9.93. The van der Waals surface area contributed by atoms with E-state index < -0.39 is 0 Å². The van der Waals surface area contributed by atoms with Crippen LogP contribution in [0.25, 0.3) is 11.6 Å². The first-order valence-corrected chi connectivity index (χ1v) is 8.73. The summed E-state index contributed by atoms with van der Waals surface area (Å²) < 4.78 is 6.90. The molecule has 6 heteroatoms. The number of rotatable bonds is 6. The Balaban J connectivity index is 1.68. The number of benzene rings is 1. The van der Waals surface area contributed by atoms with E-state index in [1.807, 2.05) is 25.1 Å². The van der Waals surface area contributed by atoms with Crippen molar-refractivity contribution in [2.24, 2.45) is 5.92 Å². The van der Waals surface area contributed by atoms with Crippen LogP contribution in [0, 0.1) is 5.92 Å². The van der Waals surface area contributed by atoms with Gasteiger partial charge in [0.2, 0.25) is 0 Å². The number of aryl methyl sites for hydroxylation is 1. The molecule has 4 rings (SSSR count). The molecule has 128 valence electrons. The summed E-state index contributed by atoms with van der Waals surface area (Å²) >= 11 is 0. The van der Waals surface area contributed by atoms with Gasteiger partial charge in [-0.2, -0.15) is 10.1 Å². The van der Waals surface area contributed by atoms with Crippen molar-refractivity contribution in [3.05, 3.63) is 64.2 Å². The fourth-order valence-electron chi connectivity index (χ4n) is 3.12. The number of hydrogen-bond acceptors (Lipinski definition) is 5. The summed E-state index contributed by atoms with van der Waals surface area (Å²) in [6, 6.07) is 13.4. The minimum atomic E-state index is -0.120. The molecule has 1 unspecified atom stereocenters. The highest BCUT2D eigenvalue weighted by Gasteiger charge is 2.36. The Kier molecular flexibility index (Phi) is 4.17. The quantitative estimate of drug-likeness (QED) is 0.691. The molecule has 1 aromatic carbocycles. The van der Waals surface area contributed by atoms with Gasteiger partial charge in [-0.1, -0.05) is 42.4 Å². The van der Waals surface area contributed by atoms with Crippen LogP contribution in [0.15, 0.2) is 51.8 Å². The van der Waals surface area contributed by atoms with Gasteiger partial charge in [0.1, 0.15) is 5.69 Å². The first-order valence-electron chi connectivity index (χ1n) is 8.73. The van der Waals surface area contributed by atoms with Crippen LogP contribution in [0.5, 0.6) is 0 Å². The molecule has 0 amide bonds. The molecule has 1 aliphatic rings. The Morgan fingerprint density at radius 3 is 2.72 bits per heavy atom. The fraction of sp³-hybridized carbons (Fsp3) is 0.368. The summed E-state index contributed by atoms with van der Waals surface area (Å²) in [5, 5.41) is 8.56. The van der Waals surface area contributed by atoms with Gasteiger partial charge in [-0.25, -0.2) is 4.68 Å². The van der Waals surface area contributed by atoms with Gasteiger partial charge in [0.15, 0.2) is 5.82 Å². The summed E-state index contributed by atoms with van der Waals surface area (Å²) in [4.78, 5) is 16.4. The van der Waals surface area contributed by atoms with Gasteiger partial charge < -0.3 is 4.52 Å². The third-order valence-electron chi connectivity index (χ3n) is 4.49. The van der Waals surface area contributed by atoms with Gasteiger partial charge in [0.25, 0.3) is 11.4 Å². The maximum absolute atomic E-state index is 11.8. The van der Waals surface area contributed by atoms with Gasteiger partial charge in [0.05, 0.1) is 5.92 Å². The van der Waals surface area contributed by atoms with Gasteiger partial charge in [-0.15, -0.1) is 0 Å². The summed E-state index contributed by atoms with van der Waals surface area (Å²) in [5.41, 5.74) is 1.63. The highest BCUT2D eigenvalue weighted by molar-refractivity contribution is 5.45. The second-order valence-corrected chi connectivity index (χ2v) is 6.46. The summed E-state index contributed by atoms with van der Waals surface area (Å²) in [5.74, 6) is 1.77. The zero-order valence-electron chi connectivity index (χ0n) is 14.1. The van der Waals surface area contributed by atoms with Gasteiger partial charge >= 0.3 is 0 Å². The monoisotopic (exact) mass is 336 g/mol. The van der Waals surface area contributed by atoms with Gasteiger partial charge in [-0.05, 0) is 36.8 Å². The van der Waals surface area contributed by atoms with E-state index in [0.717, 1.165) is 6.42 Å². The first-order chi connectivity index (χ1) is 12.3. The van der Waals surface area contributed by atoms with Crippen molar-refractivity contribution in [1.82, 2.24) is 19.9 Å². The van der Waals surface area contributed by atoms with Crippen molar-refractivity contribution in [3.63, 3.8) is 0 Å². The second-order valence-electron chi connectivity index (χ2n) is 6.46. The molecule has 0 saturated heterocycles. The summed E-state index contributed by atoms with van der Waals surface area (Å²) in [6.45, 7) is 2.58. The lowest BCUT2D eigenvalue weighted by Crippen LogP contribution is -2.22. The predicted octanol–water partition coefficient (Wildman–Crippen LogP) is 3.25. The summed E-state index contributed by atoms with van der Waals surface area (Å²) in [6.07, 6.45) is 3.20. The van der Waals surface area contributed by atoms with Crippen LogP contribution in [0.1, 0.15) is 43.5 Å². The van der Waals surface area contributed by atoms with Gasteiger partial charge in [0, 0.05) is 12.6 Å². The van der Waals surface area contributed by atoms with Crippen LogP contribution in [-0.2, 0) is 6.54 Å². The molecule has 0 bridgehead atoms. The van der Waals surface area contributed by atoms with Crippen molar-refractivity contribution in [3.8, 4) is 11.6 Å². The van der Waals surface area contributed by atoms with Crippen molar-refractivity contribution >= 4 is 0 Å². The minimum absolute atomic E-state index is 0.120. The van der Waals surface area contributed by atoms with Crippen molar-refractivity contribution in [1.29, 1.82) is 0 Å². The predicted molar refractivity (Wildman–Crippen MR) is 93.1 cm³/mol. The Morgan fingerprint density at radius 2 is 2.00 bits per heavy atom. The van der Waals surface area contributed by atoms with Crippen LogP contribution >= 0.6 is 0 Å². The lowest BCUT2D eigenvalue weighted by molar-refractivity contribution is 0.413. The van der Waals surface area contributed by atoms with E-state index in [9.17, 15) is 4.79 Å². The minimum Gasteiger partial charge on any atom is -0.332 e. The topological polar surface area (TPSA) is 73.8 Å². The molecule has 0 radical (unpaired) electrons. The molecule has 1 saturated carbocycles. The molecule has 25 heavy (non-hydrogen) atoms. The number of nitrogens with zero attached hydrogens (tertiary/aromatic N) is 4. The van der Waals surface area contributed by atoms with Crippen molar-refractivity contribution < 1.29 is 4.52 Å². The molecule has 6 nitrogen and oxygen atoms in total. The highest BCUT2D eigenvalue weighted by atomic mass is 16.5. The molecule has 0 aliphatic heterocycles. The average molecular weight is 336 g/mol. The molecular formula is C19H20N4O2. The van der Waals surface area contributed by atoms with Crippen LogP contribution in [-0.4, -0.2) is 19.9 Å². The number of aromatic nitrogens is 4. The first kappa shape index (κ1) is 15.7. The maximum atomic E-state index is 11.8. The molecular weight excluding hydrogens is 316 g/mol. The summed E-state index contributed by atoms with van der Waals surface area (Å²) in [7, 11) is 0. The van der Waals surface area contributed by atoms with Gasteiger partial charge in [-0.3, -0.25) is 4.79 Å². The third kappa shape index (κ3) is 3.24. The molecule has 2 heterocycles. The molecule has 3 aromatic rings. The zero-order chi connectivity index (χ0) is 17.2. The van der Waals surface area contributed by atoms with Crippen molar-refractivity contribution in [2.75, 3.05) is 0 Å². The van der Waals surface area contributed by atoms with Crippen LogP contribution < -0.4 is 5.56 Å². The van der Waals surface area contributed by atoms with E-state index in [0.29, 0.717) is 29.9 Å². The lowest BCUT2D eigenvalue weighted by Gasteiger charge is -2.11. The Hall–Kier alpha value is -2.76. The van der Waals surface area contributed by atoms with E-state index in [2.05, 4.69) is 27.4 Å². The third-order valence-corrected chi connectivity index (χ3v) is 4.49. The maximum Gasteiger partial charge on any atom is 0.278 e. The van der Waals surface area contributed by atoms with Crippen molar-refractivity contribution in [2.45, 2.75) is 38.6 Å². The molecule has 0 N–H and O–H groups in total. The average Bonchev–Trinajstić information content (AvgIpc) is 3.35. The smallest absolute Gasteiger partial charge is 0.278 e.